The van der Waals surface area contributed by atoms with Crippen molar-refractivity contribution in [1.82, 2.24) is 0 Å². The number of aliphatic hydroxyl groups excluding tert-OH is 1. The van der Waals surface area contributed by atoms with Crippen LogP contribution in [0.5, 0.6) is 5.75 Å². The average Bonchev–Trinajstić information content (AvgIpc) is 2.25. The number of halogens is 1. The fourth-order valence-electron chi connectivity index (χ4n) is 1.17. The van der Waals surface area contributed by atoms with E-state index < -0.39 is 12.1 Å². The molecule has 0 heterocycles. The second kappa shape index (κ2) is 5.86. The van der Waals surface area contributed by atoms with Crippen molar-refractivity contribution in [1.29, 1.82) is 0 Å². The number of hydrogen-bond acceptors (Lipinski definition) is 4. The van der Waals surface area contributed by atoms with Gasteiger partial charge < -0.3 is 14.6 Å². The molecule has 88 valence electrons. The molecule has 0 aliphatic rings. The quantitative estimate of drug-likeness (QED) is 0.862. The van der Waals surface area contributed by atoms with E-state index in [1.54, 1.807) is 25.1 Å². The summed E-state index contributed by atoms with van der Waals surface area (Å²) in [7, 11) is 1.29. The Morgan fingerprint density at radius 1 is 1.56 bits per heavy atom. The second-order valence-electron chi connectivity index (χ2n) is 3.22. The van der Waals surface area contributed by atoms with E-state index in [0.717, 1.165) is 4.47 Å². The molecule has 0 aromatic heterocycles. The lowest BCUT2D eigenvalue weighted by molar-refractivity contribution is -0.142. The van der Waals surface area contributed by atoms with Crippen molar-refractivity contribution in [2.24, 2.45) is 0 Å². The van der Waals surface area contributed by atoms with Gasteiger partial charge in [-0.05, 0) is 19.1 Å². The van der Waals surface area contributed by atoms with Gasteiger partial charge in [-0.15, -0.1) is 0 Å². The Kier molecular flexibility index (Phi) is 4.76. The van der Waals surface area contributed by atoms with Crippen LogP contribution in [0, 0.1) is 0 Å². The molecule has 0 aliphatic carbocycles. The van der Waals surface area contributed by atoms with Gasteiger partial charge in [-0.25, -0.2) is 4.79 Å². The summed E-state index contributed by atoms with van der Waals surface area (Å²) in [6, 6.07) is 5.24. The molecule has 0 saturated carbocycles. The van der Waals surface area contributed by atoms with Gasteiger partial charge in [0.25, 0.3) is 0 Å². The van der Waals surface area contributed by atoms with Crippen molar-refractivity contribution in [3.63, 3.8) is 0 Å². The van der Waals surface area contributed by atoms with E-state index in [2.05, 4.69) is 20.7 Å². The zero-order valence-electron chi connectivity index (χ0n) is 9.07. The predicted octanol–water partition coefficient (Wildman–Crippen LogP) is 2.05. The molecule has 5 heteroatoms. The lowest BCUT2D eigenvalue weighted by atomic mass is 10.1. The number of esters is 1. The molecule has 1 aromatic carbocycles. The van der Waals surface area contributed by atoms with Gasteiger partial charge in [-0.1, -0.05) is 22.0 Å². The van der Waals surface area contributed by atoms with E-state index in [1.165, 1.54) is 7.11 Å². The number of rotatable bonds is 4. The molecule has 1 atom stereocenters. The number of aliphatic hydroxyl groups is 1. The molecule has 16 heavy (non-hydrogen) atoms. The van der Waals surface area contributed by atoms with Crippen molar-refractivity contribution < 1.29 is 19.4 Å². The third kappa shape index (κ3) is 3.50. The fourth-order valence-corrected chi connectivity index (χ4v) is 1.51. The summed E-state index contributed by atoms with van der Waals surface area (Å²) >= 11 is 3.29. The first-order valence-electron chi connectivity index (χ1n) is 4.71. The van der Waals surface area contributed by atoms with E-state index in [1.807, 2.05) is 0 Å². The maximum atomic E-state index is 10.9. The van der Waals surface area contributed by atoms with Gasteiger partial charge in [0, 0.05) is 10.0 Å². The third-order valence-electron chi connectivity index (χ3n) is 2.00. The van der Waals surface area contributed by atoms with Crippen molar-refractivity contribution in [2.45, 2.75) is 13.0 Å². The molecule has 0 fully saturated rings. The molecule has 0 amide bonds. The number of methoxy groups -OCH3 is 1. The number of benzene rings is 1. The van der Waals surface area contributed by atoms with Crippen LogP contribution < -0.4 is 4.74 Å². The van der Waals surface area contributed by atoms with E-state index in [-0.39, 0.29) is 6.61 Å². The van der Waals surface area contributed by atoms with Crippen LogP contribution in [0.1, 0.15) is 18.6 Å². The van der Waals surface area contributed by atoms with Gasteiger partial charge in [0.1, 0.15) is 5.75 Å². The zero-order chi connectivity index (χ0) is 12.1. The molecule has 0 bridgehead atoms. The Labute approximate surface area is 102 Å². The molecule has 0 saturated heterocycles. The Hall–Kier alpha value is -1.07. The first kappa shape index (κ1) is 13.0. The molecular weight excluding hydrogens is 276 g/mol. The Morgan fingerprint density at radius 3 is 2.81 bits per heavy atom. The van der Waals surface area contributed by atoms with Crippen LogP contribution in [-0.2, 0) is 9.53 Å². The smallest absolute Gasteiger partial charge is 0.343 e. The fraction of sp³-hybridized carbons (Fsp3) is 0.364. The van der Waals surface area contributed by atoms with Gasteiger partial charge in [-0.3, -0.25) is 0 Å². The average molecular weight is 289 g/mol. The lowest BCUT2D eigenvalue weighted by Crippen LogP contribution is -2.13. The first-order chi connectivity index (χ1) is 7.54. The first-order valence-corrected chi connectivity index (χ1v) is 5.51. The van der Waals surface area contributed by atoms with E-state index >= 15 is 0 Å². The molecule has 0 aliphatic heterocycles. The topological polar surface area (TPSA) is 55.8 Å². The SMILES string of the molecule is COC(=O)COc1cc(Br)ccc1[C@@H](C)O. The largest absolute Gasteiger partial charge is 0.481 e. The normalized spacial score (nSPS) is 12.0. The predicted molar refractivity (Wildman–Crippen MR) is 62.3 cm³/mol. The molecule has 4 nitrogen and oxygen atoms in total. The standard InChI is InChI=1S/C11H13BrO4/c1-7(13)9-4-3-8(12)5-10(9)16-6-11(14)15-2/h3-5,7,13H,6H2,1-2H3/t7-/m1/s1. The highest BCUT2D eigenvalue weighted by Gasteiger charge is 2.11. The molecule has 1 rings (SSSR count). The molecule has 1 aromatic rings. The molecule has 0 unspecified atom stereocenters. The highest BCUT2D eigenvalue weighted by Crippen LogP contribution is 2.28. The van der Waals surface area contributed by atoms with Gasteiger partial charge in [0.15, 0.2) is 6.61 Å². The minimum Gasteiger partial charge on any atom is -0.481 e. The summed E-state index contributed by atoms with van der Waals surface area (Å²) in [4.78, 5) is 10.9. The van der Waals surface area contributed by atoms with Gasteiger partial charge >= 0.3 is 5.97 Å². The summed E-state index contributed by atoms with van der Waals surface area (Å²) in [6.45, 7) is 1.46. The molecule has 0 spiro atoms. The van der Waals surface area contributed by atoms with Crippen molar-refractivity contribution >= 4 is 21.9 Å². The Bertz CT molecular complexity index is 376. The van der Waals surface area contributed by atoms with Crippen molar-refractivity contribution in [2.75, 3.05) is 13.7 Å². The molecule has 0 radical (unpaired) electrons. The van der Waals surface area contributed by atoms with Crippen LogP contribution in [0.4, 0.5) is 0 Å². The van der Waals surface area contributed by atoms with Crippen LogP contribution in [0.15, 0.2) is 22.7 Å². The molecular formula is C11H13BrO4. The maximum absolute atomic E-state index is 10.9. The number of carbonyl (C=O) groups excluding carboxylic acids is 1. The van der Waals surface area contributed by atoms with Crippen molar-refractivity contribution in [3.8, 4) is 5.75 Å². The van der Waals surface area contributed by atoms with Gasteiger partial charge in [-0.2, -0.15) is 0 Å². The van der Waals surface area contributed by atoms with E-state index in [9.17, 15) is 9.90 Å². The van der Waals surface area contributed by atoms with Crippen LogP contribution in [0.25, 0.3) is 0 Å². The highest BCUT2D eigenvalue weighted by atomic mass is 79.9. The lowest BCUT2D eigenvalue weighted by Gasteiger charge is -2.13. The third-order valence-corrected chi connectivity index (χ3v) is 2.49. The minimum absolute atomic E-state index is 0.174. The van der Waals surface area contributed by atoms with Crippen LogP contribution in [-0.4, -0.2) is 24.8 Å². The van der Waals surface area contributed by atoms with Crippen LogP contribution >= 0.6 is 15.9 Å². The van der Waals surface area contributed by atoms with Gasteiger partial charge in [0.05, 0.1) is 13.2 Å². The van der Waals surface area contributed by atoms with E-state index in [4.69, 9.17) is 4.74 Å². The summed E-state index contributed by atoms with van der Waals surface area (Å²) in [5.41, 5.74) is 0.632. The zero-order valence-corrected chi connectivity index (χ0v) is 10.7. The van der Waals surface area contributed by atoms with E-state index in [0.29, 0.717) is 11.3 Å². The number of carbonyl (C=O) groups is 1. The number of hydrogen-bond donors (Lipinski definition) is 1. The Balaban J connectivity index is 2.84. The summed E-state index contributed by atoms with van der Waals surface area (Å²) < 4.78 is 10.5. The minimum atomic E-state index is -0.652. The highest BCUT2D eigenvalue weighted by molar-refractivity contribution is 9.10. The summed E-state index contributed by atoms with van der Waals surface area (Å²) in [5.74, 6) is 0.00583. The second-order valence-corrected chi connectivity index (χ2v) is 4.14. The van der Waals surface area contributed by atoms with Gasteiger partial charge in [0.2, 0.25) is 0 Å². The summed E-state index contributed by atoms with van der Waals surface area (Å²) in [5, 5.41) is 9.51. The Morgan fingerprint density at radius 2 is 2.25 bits per heavy atom. The molecule has 1 N–H and O–H groups in total. The summed E-state index contributed by atoms with van der Waals surface area (Å²) in [6.07, 6.45) is -0.652. The van der Waals surface area contributed by atoms with Crippen LogP contribution in [0.3, 0.4) is 0 Å². The maximum Gasteiger partial charge on any atom is 0.343 e. The van der Waals surface area contributed by atoms with Crippen molar-refractivity contribution in [3.05, 3.63) is 28.2 Å². The van der Waals surface area contributed by atoms with Crippen LogP contribution in [0.2, 0.25) is 0 Å². The monoisotopic (exact) mass is 288 g/mol. The number of ether oxygens (including phenoxy) is 2.